The van der Waals surface area contributed by atoms with Crippen LogP contribution in [0.3, 0.4) is 0 Å². The summed E-state index contributed by atoms with van der Waals surface area (Å²) in [4.78, 5) is 0.245. The van der Waals surface area contributed by atoms with Crippen molar-refractivity contribution in [2.45, 2.75) is 23.8 Å². The summed E-state index contributed by atoms with van der Waals surface area (Å²) in [6, 6.07) is 17.7. The fourth-order valence-corrected chi connectivity index (χ4v) is 4.97. The number of hydrogen-bond donors (Lipinski definition) is 0. The van der Waals surface area contributed by atoms with E-state index in [0.29, 0.717) is 24.7 Å². The summed E-state index contributed by atoms with van der Waals surface area (Å²) in [6.45, 7) is 0. The lowest BCUT2D eigenvalue weighted by atomic mass is 9.91. The molecule has 1 aliphatic rings. The Morgan fingerprint density at radius 3 is 2.36 bits per heavy atom. The monoisotopic (exact) mass is 468 g/mol. The molecular weight excluding hydrogens is 449 g/mol. The van der Waals surface area contributed by atoms with E-state index in [9.17, 15) is 21.6 Å². The first-order chi connectivity index (χ1) is 15.7. The zero-order valence-electron chi connectivity index (χ0n) is 17.6. The molecule has 3 nitrogen and oxygen atoms in total. The first-order valence-corrected chi connectivity index (χ1v) is 12.3. The quantitative estimate of drug-likeness (QED) is 0.327. The van der Waals surface area contributed by atoms with Crippen molar-refractivity contribution in [2.24, 2.45) is 0 Å². The Morgan fingerprint density at radius 2 is 1.58 bits per heavy atom. The molecule has 0 aromatic heterocycles. The number of fused-ring (bicyclic) bond motifs is 3. The van der Waals surface area contributed by atoms with Crippen LogP contribution in [-0.4, -0.2) is 14.7 Å². The van der Waals surface area contributed by atoms with Crippen LogP contribution < -0.4 is 4.74 Å². The molecule has 1 heterocycles. The Kier molecular flexibility index (Phi) is 5.16. The van der Waals surface area contributed by atoms with Crippen molar-refractivity contribution in [2.75, 3.05) is 6.26 Å². The van der Waals surface area contributed by atoms with Gasteiger partial charge in [0.1, 0.15) is 17.7 Å². The van der Waals surface area contributed by atoms with E-state index in [1.807, 2.05) is 30.3 Å². The SMILES string of the molecule is CS(=O)(=O)c1cccc(-c2ccc3ccc4c(c3c2)CC[C@@H](c2cc(F)c(F)cc2F)O4)c1. The van der Waals surface area contributed by atoms with E-state index < -0.39 is 33.4 Å². The Bertz CT molecular complexity index is 1510. The molecule has 0 radical (unpaired) electrons. The lowest BCUT2D eigenvalue weighted by Gasteiger charge is -2.28. The van der Waals surface area contributed by atoms with Gasteiger partial charge in [0.15, 0.2) is 21.5 Å². The lowest BCUT2D eigenvalue weighted by Crippen LogP contribution is -2.17. The molecule has 0 aliphatic carbocycles. The van der Waals surface area contributed by atoms with Crippen LogP contribution in [0.2, 0.25) is 0 Å². The third-order valence-electron chi connectivity index (χ3n) is 6.00. The molecule has 168 valence electrons. The van der Waals surface area contributed by atoms with Gasteiger partial charge in [-0.3, -0.25) is 0 Å². The molecule has 33 heavy (non-hydrogen) atoms. The highest BCUT2D eigenvalue weighted by Gasteiger charge is 2.26. The third-order valence-corrected chi connectivity index (χ3v) is 7.11. The Morgan fingerprint density at radius 1 is 0.848 bits per heavy atom. The largest absolute Gasteiger partial charge is 0.485 e. The zero-order valence-corrected chi connectivity index (χ0v) is 18.4. The number of hydrogen-bond acceptors (Lipinski definition) is 3. The minimum Gasteiger partial charge on any atom is -0.485 e. The minimum absolute atomic E-state index is 0.00834. The third kappa shape index (κ3) is 3.97. The van der Waals surface area contributed by atoms with E-state index in [-0.39, 0.29) is 10.5 Å². The maximum Gasteiger partial charge on any atom is 0.175 e. The Labute approximate surface area is 189 Å². The molecule has 5 rings (SSSR count). The standard InChI is InChI=1S/C26H19F3O3S/c1-33(30,31)18-4-2-3-16(11-18)17-6-5-15-7-9-25-19(20(15)12-17)8-10-26(32-25)21-13-23(28)24(29)14-22(21)27/h2-7,9,11-14,26H,8,10H2,1H3/t26-/m0/s1. The van der Waals surface area contributed by atoms with Gasteiger partial charge in [0.2, 0.25) is 0 Å². The zero-order chi connectivity index (χ0) is 23.3. The number of rotatable bonds is 3. The van der Waals surface area contributed by atoms with E-state index in [1.54, 1.807) is 24.3 Å². The summed E-state index contributed by atoms with van der Waals surface area (Å²) >= 11 is 0. The van der Waals surface area contributed by atoms with E-state index in [1.165, 1.54) is 6.26 Å². The highest BCUT2D eigenvalue weighted by molar-refractivity contribution is 7.90. The fourth-order valence-electron chi connectivity index (χ4n) is 4.31. The van der Waals surface area contributed by atoms with Gasteiger partial charge in [-0.05, 0) is 65.1 Å². The van der Waals surface area contributed by atoms with Crippen LogP contribution in [0.1, 0.15) is 23.7 Å². The van der Waals surface area contributed by atoms with Crippen molar-refractivity contribution in [1.82, 2.24) is 0 Å². The van der Waals surface area contributed by atoms with E-state index >= 15 is 0 Å². The van der Waals surface area contributed by atoms with Crippen molar-refractivity contribution in [1.29, 1.82) is 0 Å². The molecule has 1 aliphatic heterocycles. The van der Waals surface area contributed by atoms with Crippen molar-refractivity contribution < 1.29 is 26.3 Å². The second-order valence-electron chi connectivity index (χ2n) is 8.21. The van der Waals surface area contributed by atoms with Crippen LogP contribution in [0.25, 0.3) is 21.9 Å². The molecule has 7 heteroatoms. The summed E-state index contributed by atoms with van der Waals surface area (Å²) < 4.78 is 71.2. The summed E-state index contributed by atoms with van der Waals surface area (Å²) in [5.41, 5.74) is 2.56. The van der Waals surface area contributed by atoms with Gasteiger partial charge in [-0.15, -0.1) is 0 Å². The van der Waals surface area contributed by atoms with Gasteiger partial charge in [0.05, 0.1) is 4.90 Å². The molecule has 0 amide bonds. The summed E-state index contributed by atoms with van der Waals surface area (Å²) in [5, 5.41) is 1.93. The smallest absolute Gasteiger partial charge is 0.175 e. The highest BCUT2D eigenvalue weighted by Crippen LogP contribution is 2.40. The van der Waals surface area contributed by atoms with Crippen LogP contribution in [0.15, 0.2) is 71.6 Å². The Balaban J connectivity index is 1.55. The molecule has 0 saturated heterocycles. The van der Waals surface area contributed by atoms with Crippen LogP contribution in [0.5, 0.6) is 5.75 Å². The molecule has 0 N–H and O–H groups in total. The van der Waals surface area contributed by atoms with Gasteiger partial charge in [0, 0.05) is 23.4 Å². The summed E-state index contributed by atoms with van der Waals surface area (Å²) in [5.74, 6) is -2.62. The fraction of sp³-hybridized carbons (Fsp3) is 0.154. The highest BCUT2D eigenvalue weighted by atomic mass is 32.2. The molecule has 0 bridgehead atoms. The second kappa shape index (κ2) is 7.92. The average molecular weight is 468 g/mol. The Hall–Kier alpha value is -3.32. The topological polar surface area (TPSA) is 43.4 Å². The molecule has 0 fully saturated rings. The summed E-state index contributed by atoms with van der Waals surface area (Å²) in [6.07, 6.45) is 1.41. The molecular formula is C26H19F3O3S. The van der Waals surface area contributed by atoms with Crippen LogP contribution in [-0.2, 0) is 16.3 Å². The first kappa shape index (κ1) is 21.5. The normalized spacial score (nSPS) is 15.8. The molecule has 0 unspecified atom stereocenters. The number of ether oxygens (including phenoxy) is 1. The minimum atomic E-state index is -3.33. The molecule has 0 saturated carbocycles. The number of sulfone groups is 1. The van der Waals surface area contributed by atoms with Gasteiger partial charge >= 0.3 is 0 Å². The van der Waals surface area contributed by atoms with Crippen molar-refractivity contribution >= 4 is 20.6 Å². The predicted molar refractivity (Wildman–Crippen MR) is 120 cm³/mol. The van der Waals surface area contributed by atoms with Gasteiger partial charge in [-0.2, -0.15) is 0 Å². The van der Waals surface area contributed by atoms with Crippen LogP contribution in [0, 0.1) is 17.5 Å². The lowest BCUT2D eigenvalue weighted by molar-refractivity contribution is 0.172. The van der Waals surface area contributed by atoms with Gasteiger partial charge in [0.25, 0.3) is 0 Å². The maximum absolute atomic E-state index is 14.3. The molecule has 4 aromatic rings. The molecule has 4 aromatic carbocycles. The van der Waals surface area contributed by atoms with Crippen molar-refractivity contribution in [3.63, 3.8) is 0 Å². The van der Waals surface area contributed by atoms with Crippen LogP contribution in [0.4, 0.5) is 13.2 Å². The van der Waals surface area contributed by atoms with E-state index in [4.69, 9.17) is 4.74 Å². The average Bonchev–Trinajstić information content (AvgIpc) is 2.80. The van der Waals surface area contributed by atoms with Gasteiger partial charge in [-0.25, -0.2) is 21.6 Å². The van der Waals surface area contributed by atoms with Crippen molar-refractivity contribution in [3.05, 3.63) is 95.3 Å². The van der Waals surface area contributed by atoms with Gasteiger partial charge in [-0.1, -0.05) is 30.3 Å². The molecule has 1 atom stereocenters. The van der Waals surface area contributed by atoms with Crippen molar-refractivity contribution in [3.8, 4) is 16.9 Å². The first-order valence-electron chi connectivity index (χ1n) is 10.4. The van der Waals surface area contributed by atoms with E-state index in [2.05, 4.69) is 0 Å². The number of benzene rings is 4. The maximum atomic E-state index is 14.3. The number of halogens is 3. The second-order valence-corrected chi connectivity index (χ2v) is 10.2. The summed E-state index contributed by atoms with van der Waals surface area (Å²) in [7, 11) is -3.33. The van der Waals surface area contributed by atoms with Gasteiger partial charge < -0.3 is 4.74 Å². The predicted octanol–water partition coefficient (Wildman–Crippen LogP) is 6.39. The van der Waals surface area contributed by atoms with E-state index in [0.717, 1.165) is 33.5 Å². The molecule has 0 spiro atoms. The van der Waals surface area contributed by atoms with Crippen LogP contribution >= 0.6 is 0 Å². The number of aryl methyl sites for hydroxylation is 1.